The Bertz CT molecular complexity index is 615. The number of hydrogen-bond donors (Lipinski definition) is 2. The van der Waals surface area contributed by atoms with Gasteiger partial charge in [-0.3, -0.25) is 15.0 Å². The topological polar surface area (TPSA) is 79.9 Å². The summed E-state index contributed by atoms with van der Waals surface area (Å²) in [5.74, 6) is 1.08. The first kappa shape index (κ1) is 20.0. The summed E-state index contributed by atoms with van der Waals surface area (Å²) in [4.78, 5) is 25.7. The van der Waals surface area contributed by atoms with Gasteiger partial charge in [-0.25, -0.2) is 4.79 Å². The average Bonchev–Trinajstić information content (AvgIpc) is 3.12. The van der Waals surface area contributed by atoms with E-state index in [4.69, 9.17) is 9.47 Å². The van der Waals surface area contributed by atoms with Gasteiger partial charge in [-0.1, -0.05) is 18.9 Å². The predicted octanol–water partition coefficient (Wildman–Crippen LogP) is 1.95. The summed E-state index contributed by atoms with van der Waals surface area (Å²) in [6.07, 6.45) is 5.02. The molecule has 0 radical (unpaired) electrons. The van der Waals surface area contributed by atoms with E-state index in [2.05, 4.69) is 10.6 Å². The number of methoxy groups -OCH3 is 2. The van der Waals surface area contributed by atoms with E-state index < -0.39 is 6.03 Å². The highest BCUT2D eigenvalue weighted by Gasteiger charge is 2.18. The van der Waals surface area contributed by atoms with Gasteiger partial charge in [-0.15, -0.1) is 0 Å². The molecule has 2 N–H and O–H groups in total. The standard InChI is InChI=1S/C19H29N3O4/c1-22(11-10-14-8-9-16(25-2)17(12-14)26-3)13-18(23)21-19(24)20-15-6-4-5-7-15/h8-9,12,15H,4-7,10-11,13H2,1-3H3,(H2,20,21,23,24). The van der Waals surface area contributed by atoms with E-state index in [0.717, 1.165) is 37.7 Å². The van der Waals surface area contributed by atoms with Crippen molar-refractivity contribution in [1.82, 2.24) is 15.5 Å². The van der Waals surface area contributed by atoms with E-state index in [1.807, 2.05) is 30.1 Å². The molecule has 3 amide bonds. The van der Waals surface area contributed by atoms with E-state index in [0.29, 0.717) is 18.0 Å². The predicted molar refractivity (Wildman–Crippen MR) is 99.7 cm³/mol. The van der Waals surface area contributed by atoms with Crippen LogP contribution in [0.2, 0.25) is 0 Å². The number of carbonyl (C=O) groups excluding carboxylic acids is 2. The van der Waals surface area contributed by atoms with Gasteiger partial charge in [0.1, 0.15) is 0 Å². The van der Waals surface area contributed by atoms with Gasteiger partial charge >= 0.3 is 6.03 Å². The molecule has 0 atom stereocenters. The van der Waals surface area contributed by atoms with Gasteiger partial charge in [0.2, 0.25) is 5.91 Å². The van der Waals surface area contributed by atoms with Crippen LogP contribution < -0.4 is 20.1 Å². The third-order valence-corrected chi connectivity index (χ3v) is 4.59. The van der Waals surface area contributed by atoms with Gasteiger partial charge < -0.3 is 14.8 Å². The van der Waals surface area contributed by atoms with Crippen molar-refractivity contribution in [2.45, 2.75) is 38.1 Å². The van der Waals surface area contributed by atoms with Gasteiger partial charge in [0.15, 0.2) is 11.5 Å². The molecule has 0 bridgehead atoms. The molecule has 1 saturated carbocycles. The summed E-state index contributed by atoms with van der Waals surface area (Å²) in [6, 6.07) is 5.58. The van der Waals surface area contributed by atoms with Crippen LogP contribution in [0.25, 0.3) is 0 Å². The van der Waals surface area contributed by atoms with E-state index >= 15 is 0 Å². The summed E-state index contributed by atoms with van der Waals surface area (Å²) in [5, 5.41) is 5.25. The number of nitrogens with zero attached hydrogens (tertiary/aromatic N) is 1. The first-order valence-electron chi connectivity index (χ1n) is 9.01. The molecule has 7 nitrogen and oxygen atoms in total. The van der Waals surface area contributed by atoms with Crippen LogP contribution >= 0.6 is 0 Å². The lowest BCUT2D eigenvalue weighted by Gasteiger charge is -2.17. The summed E-state index contributed by atoms with van der Waals surface area (Å²) < 4.78 is 10.5. The Kier molecular flexibility index (Phi) is 7.72. The molecule has 1 aliphatic carbocycles. The Hall–Kier alpha value is -2.28. The second kappa shape index (κ2) is 10.0. The molecular formula is C19H29N3O4. The average molecular weight is 363 g/mol. The first-order chi connectivity index (χ1) is 12.5. The molecule has 7 heteroatoms. The van der Waals surface area contributed by atoms with E-state index in [1.165, 1.54) is 0 Å². The maximum Gasteiger partial charge on any atom is 0.321 e. The number of urea groups is 1. The van der Waals surface area contributed by atoms with E-state index in [1.54, 1.807) is 14.2 Å². The zero-order valence-electron chi connectivity index (χ0n) is 15.8. The fourth-order valence-corrected chi connectivity index (χ4v) is 3.14. The quantitative estimate of drug-likeness (QED) is 0.738. The molecule has 0 saturated heterocycles. The lowest BCUT2D eigenvalue weighted by Crippen LogP contribution is -2.46. The largest absolute Gasteiger partial charge is 0.493 e. The lowest BCUT2D eigenvalue weighted by atomic mass is 10.1. The number of rotatable bonds is 8. The molecule has 0 spiro atoms. The van der Waals surface area contributed by atoms with Gasteiger partial charge in [0.25, 0.3) is 0 Å². The third-order valence-electron chi connectivity index (χ3n) is 4.59. The minimum atomic E-state index is -0.393. The van der Waals surface area contributed by atoms with Crippen molar-refractivity contribution in [3.05, 3.63) is 23.8 Å². The fourth-order valence-electron chi connectivity index (χ4n) is 3.14. The van der Waals surface area contributed by atoms with Crippen molar-refractivity contribution in [1.29, 1.82) is 0 Å². The van der Waals surface area contributed by atoms with Crippen molar-refractivity contribution in [2.24, 2.45) is 0 Å². The van der Waals surface area contributed by atoms with E-state index in [-0.39, 0.29) is 18.5 Å². The number of nitrogens with one attached hydrogen (secondary N) is 2. The Labute approximate surface area is 155 Å². The van der Waals surface area contributed by atoms with Crippen LogP contribution in [0, 0.1) is 0 Å². The van der Waals surface area contributed by atoms with Crippen LogP contribution in [0.4, 0.5) is 4.79 Å². The molecule has 1 aromatic carbocycles. The number of carbonyl (C=O) groups is 2. The summed E-state index contributed by atoms with van der Waals surface area (Å²) in [6.45, 7) is 0.860. The van der Waals surface area contributed by atoms with Gasteiger partial charge in [-0.2, -0.15) is 0 Å². The maximum atomic E-state index is 12.0. The van der Waals surface area contributed by atoms with Crippen LogP contribution in [-0.4, -0.2) is 57.2 Å². The number of benzene rings is 1. The van der Waals surface area contributed by atoms with Crippen LogP contribution in [0.3, 0.4) is 0 Å². The zero-order chi connectivity index (χ0) is 18.9. The summed E-state index contributed by atoms with van der Waals surface area (Å²) in [7, 11) is 5.07. The van der Waals surface area contributed by atoms with Crippen molar-refractivity contribution in [2.75, 3.05) is 34.4 Å². The number of hydrogen-bond acceptors (Lipinski definition) is 5. The number of imide groups is 1. The Morgan fingerprint density at radius 1 is 1.15 bits per heavy atom. The van der Waals surface area contributed by atoms with Gasteiger partial charge in [0.05, 0.1) is 20.8 Å². The number of likely N-dealkylation sites (N-methyl/N-ethyl adjacent to an activating group) is 1. The SMILES string of the molecule is COc1ccc(CCN(C)CC(=O)NC(=O)NC2CCCC2)cc1OC. The summed E-state index contributed by atoms with van der Waals surface area (Å²) >= 11 is 0. The second-order valence-corrected chi connectivity index (χ2v) is 6.68. The Morgan fingerprint density at radius 3 is 2.50 bits per heavy atom. The minimum Gasteiger partial charge on any atom is -0.493 e. The van der Waals surface area contributed by atoms with Crippen LogP contribution in [0.5, 0.6) is 11.5 Å². The molecule has 1 aromatic rings. The monoisotopic (exact) mass is 363 g/mol. The molecule has 144 valence electrons. The molecule has 1 aliphatic rings. The molecule has 0 aromatic heterocycles. The van der Waals surface area contributed by atoms with E-state index in [9.17, 15) is 9.59 Å². The second-order valence-electron chi connectivity index (χ2n) is 6.68. The molecular weight excluding hydrogens is 334 g/mol. The summed E-state index contributed by atoms with van der Waals surface area (Å²) in [5.41, 5.74) is 1.09. The smallest absolute Gasteiger partial charge is 0.321 e. The highest BCUT2D eigenvalue weighted by atomic mass is 16.5. The molecule has 26 heavy (non-hydrogen) atoms. The Morgan fingerprint density at radius 2 is 1.85 bits per heavy atom. The maximum absolute atomic E-state index is 12.0. The molecule has 0 unspecified atom stereocenters. The number of ether oxygens (including phenoxy) is 2. The molecule has 0 heterocycles. The molecule has 2 rings (SSSR count). The number of amides is 3. The Balaban J connectivity index is 1.72. The van der Waals surface area contributed by atoms with Gasteiger partial charge in [0, 0.05) is 12.6 Å². The highest BCUT2D eigenvalue weighted by Crippen LogP contribution is 2.27. The van der Waals surface area contributed by atoms with Crippen molar-refractivity contribution < 1.29 is 19.1 Å². The van der Waals surface area contributed by atoms with Crippen LogP contribution in [0.1, 0.15) is 31.2 Å². The van der Waals surface area contributed by atoms with Crippen molar-refractivity contribution >= 4 is 11.9 Å². The first-order valence-corrected chi connectivity index (χ1v) is 9.01. The van der Waals surface area contributed by atoms with Crippen molar-refractivity contribution in [3.63, 3.8) is 0 Å². The van der Waals surface area contributed by atoms with Crippen LogP contribution in [-0.2, 0) is 11.2 Å². The normalized spacial score (nSPS) is 14.3. The molecule has 0 aliphatic heterocycles. The van der Waals surface area contributed by atoms with Gasteiger partial charge in [-0.05, 0) is 44.0 Å². The highest BCUT2D eigenvalue weighted by molar-refractivity contribution is 5.95. The molecule has 1 fully saturated rings. The van der Waals surface area contributed by atoms with Crippen molar-refractivity contribution in [3.8, 4) is 11.5 Å². The zero-order valence-corrected chi connectivity index (χ0v) is 15.8. The third kappa shape index (κ3) is 6.22. The van der Waals surface area contributed by atoms with Crippen LogP contribution in [0.15, 0.2) is 18.2 Å². The fraction of sp³-hybridized carbons (Fsp3) is 0.579. The minimum absolute atomic E-state index is 0.172. The lowest BCUT2D eigenvalue weighted by molar-refractivity contribution is -0.120.